The summed E-state index contributed by atoms with van der Waals surface area (Å²) in [5, 5.41) is 7.73. The maximum Gasteiger partial charge on any atom is 0.225 e. The van der Waals surface area contributed by atoms with Crippen LogP contribution in [0.3, 0.4) is 0 Å². The van der Waals surface area contributed by atoms with Gasteiger partial charge in [-0.2, -0.15) is 4.31 Å². The number of aromatic nitrogens is 2. The van der Waals surface area contributed by atoms with Crippen LogP contribution in [-0.2, 0) is 15.4 Å². The minimum Gasteiger partial charge on any atom is -0.425 e. The Kier molecular flexibility index (Phi) is 3.06. The van der Waals surface area contributed by atoms with Crippen molar-refractivity contribution in [2.75, 3.05) is 18.8 Å². The molecule has 2 rings (SSSR count). The lowest BCUT2D eigenvalue weighted by Gasteiger charge is -2.44. The number of nitrogens with zero attached hydrogens (tertiary/aromatic N) is 3. The highest BCUT2D eigenvalue weighted by atomic mass is 32.2. The molecule has 6 nitrogen and oxygen atoms in total. The Labute approximate surface area is 107 Å². The van der Waals surface area contributed by atoms with E-state index in [1.165, 1.54) is 4.31 Å². The van der Waals surface area contributed by atoms with Crippen LogP contribution in [0.25, 0.3) is 0 Å². The summed E-state index contributed by atoms with van der Waals surface area (Å²) >= 11 is 0. The first-order chi connectivity index (χ1) is 8.23. The first-order valence-corrected chi connectivity index (χ1v) is 7.27. The van der Waals surface area contributed by atoms with E-state index in [1.54, 1.807) is 13.8 Å². The molecule has 0 N–H and O–H groups in total. The average molecular weight is 271 g/mol. The molecule has 100 valence electrons. The molecule has 0 saturated carbocycles. The first-order valence-electron chi connectivity index (χ1n) is 5.66. The highest BCUT2D eigenvalue weighted by molar-refractivity contribution is 7.89. The van der Waals surface area contributed by atoms with E-state index >= 15 is 0 Å². The molecule has 2 heterocycles. The molecule has 1 saturated heterocycles. The van der Waals surface area contributed by atoms with Crippen molar-refractivity contribution in [3.8, 4) is 0 Å². The van der Waals surface area contributed by atoms with Gasteiger partial charge < -0.3 is 4.42 Å². The van der Waals surface area contributed by atoms with Crippen LogP contribution < -0.4 is 0 Å². The van der Waals surface area contributed by atoms with Gasteiger partial charge in [-0.3, -0.25) is 0 Å². The van der Waals surface area contributed by atoms with Gasteiger partial charge in [-0.05, 0) is 13.8 Å². The van der Waals surface area contributed by atoms with Gasteiger partial charge in [-0.15, -0.1) is 10.2 Å². The fourth-order valence-electron chi connectivity index (χ4n) is 2.01. The lowest BCUT2D eigenvalue weighted by Crippen LogP contribution is -2.60. The van der Waals surface area contributed by atoms with Crippen molar-refractivity contribution in [2.45, 2.75) is 26.2 Å². The van der Waals surface area contributed by atoms with Gasteiger partial charge in [0.1, 0.15) is 0 Å². The summed E-state index contributed by atoms with van der Waals surface area (Å²) in [7, 11) is -3.25. The Bertz CT molecular complexity index is 570. The number of aryl methyl sites for hydroxylation is 1. The maximum atomic E-state index is 11.9. The fourth-order valence-corrected chi connectivity index (χ4v) is 3.78. The van der Waals surface area contributed by atoms with Crippen LogP contribution >= 0.6 is 0 Å². The molecular weight excluding hydrogens is 254 g/mol. The van der Waals surface area contributed by atoms with E-state index in [9.17, 15) is 8.42 Å². The number of rotatable bonds is 4. The average Bonchev–Trinajstić information content (AvgIpc) is 2.58. The SMILES string of the molecule is C=C(C)CS(=O)(=O)N1CC(C)(c2nnc(C)o2)C1. The number of hydrogen-bond acceptors (Lipinski definition) is 5. The van der Waals surface area contributed by atoms with Crippen molar-refractivity contribution in [1.82, 2.24) is 14.5 Å². The van der Waals surface area contributed by atoms with E-state index in [0.717, 1.165) is 0 Å². The molecule has 0 aliphatic carbocycles. The van der Waals surface area contributed by atoms with E-state index in [1.807, 2.05) is 6.92 Å². The lowest BCUT2D eigenvalue weighted by atomic mass is 9.84. The largest absolute Gasteiger partial charge is 0.425 e. The normalized spacial score (nSPS) is 19.5. The Hall–Kier alpha value is -1.21. The highest BCUT2D eigenvalue weighted by Gasteiger charge is 2.49. The number of sulfonamides is 1. The molecular formula is C11H17N3O3S. The van der Waals surface area contributed by atoms with Crippen molar-refractivity contribution >= 4 is 10.0 Å². The molecule has 18 heavy (non-hydrogen) atoms. The van der Waals surface area contributed by atoms with Crippen LogP contribution in [0.5, 0.6) is 0 Å². The molecule has 0 unspecified atom stereocenters. The second kappa shape index (κ2) is 4.17. The van der Waals surface area contributed by atoms with Crippen LogP contribution in [0, 0.1) is 6.92 Å². The highest BCUT2D eigenvalue weighted by Crippen LogP contribution is 2.35. The zero-order valence-corrected chi connectivity index (χ0v) is 11.6. The quantitative estimate of drug-likeness (QED) is 0.759. The van der Waals surface area contributed by atoms with Gasteiger partial charge in [-0.1, -0.05) is 12.2 Å². The zero-order valence-electron chi connectivity index (χ0n) is 10.8. The van der Waals surface area contributed by atoms with Crippen molar-refractivity contribution in [1.29, 1.82) is 0 Å². The molecule has 0 radical (unpaired) electrons. The lowest BCUT2D eigenvalue weighted by molar-refractivity contribution is 0.137. The smallest absolute Gasteiger partial charge is 0.225 e. The van der Waals surface area contributed by atoms with E-state index in [0.29, 0.717) is 30.4 Å². The van der Waals surface area contributed by atoms with Crippen LogP contribution in [0.15, 0.2) is 16.6 Å². The monoisotopic (exact) mass is 271 g/mol. The Morgan fingerprint density at radius 3 is 2.56 bits per heavy atom. The molecule has 1 fully saturated rings. The minimum atomic E-state index is -3.25. The molecule has 0 amide bonds. The van der Waals surface area contributed by atoms with Gasteiger partial charge in [0.05, 0.1) is 11.2 Å². The third kappa shape index (κ3) is 2.32. The van der Waals surface area contributed by atoms with E-state index in [2.05, 4.69) is 16.8 Å². The van der Waals surface area contributed by atoms with Gasteiger partial charge in [-0.25, -0.2) is 8.42 Å². The molecule has 1 aromatic rings. The summed E-state index contributed by atoms with van der Waals surface area (Å²) in [4.78, 5) is 0. The third-order valence-electron chi connectivity index (χ3n) is 2.92. The summed E-state index contributed by atoms with van der Waals surface area (Å²) in [5.74, 6) is 0.989. The van der Waals surface area contributed by atoms with Crippen LogP contribution in [0.4, 0.5) is 0 Å². The van der Waals surface area contributed by atoms with Crippen molar-refractivity contribution in [3.05, 3.63) is 23.9 Å². The first kappa shape index (κ1) is 13.2. The minimum absolute atomic E-state index is 0.00799. The zero-order chi connectivity index (χ0) is 13.6. The standard InChI is InChI=1S/C11H17N3O3S/c1-8(2)5-18(15,16)14-6-11(4,7-14)10-13-12-9(3)17-10/h1,5-7H2,2-4H3. The van der Waals surface area contributed by atoms with E-state index in [4.69, 9.17) is 4.42 Å². The van der Waals surface area contributed by atoms with E-state index < -0.39 is 10.0 Å². The van der Waals surface area contributed by atoms with Gasteiger partial charge in [0, 0.05) is 20.0 Å². The predicted octanol–water partition coefficient (Wildman–Crippen LogP) is 0.857. The summed E-state index contributed by atoms with van der Waals surface area (Å²) in [6.07, 6.45) is 0. The van der Waals surface area contributed by atoms with Crippen molar-refractivity contribution < 1.29 is 12.8 Å². The summed E-state index contributed by atoms with van der Waals surface area (Å²) in [6, 6.07) is 0. The van der Waals surface area contributed by atoms with Crippen molar-refractivity contribution in [3.63, 3.8) is 0 Å². The molecule has 1 aliphatic rings. The summed E-state index contributed by atoms with van der Waals surface area (Å²) in [5.41, 5.74) is 0.265. The molecule has 1 aromatic heterocycles. The molecule has 1 aliphatic heterocycles. The molecule has 0 atom stereocenters. The van der Waals surface area contributed by atoms with E-state index in [-0.39, 0.29) is 11.2 Å². The van der Waals surface area contributed by atoms with Crippen LogP contribution in [-0.4, -0.2) is 41.8 Å². The Morgan fingerprint density at radius 1 is 1.50 bits per heavy atom. The van der Waals surface area contributed by atoms with Gasteiger partial charge in [0.25, 0.3) is 0 Å². The van der Waals surface area contributed by atoms with Crippen molar-refractivity contribution in [2.24, 2.45) is 0 Å². The topological polar surface area (TPSA) is 76.3 Å². The Balaban J connectivity index is 2.08. The fraction of sp³-hybridized carbons (Fsp3) is 0.636. The number of hydrogen-bond donors (Lipinski definition) is 0. The summed E-state index contributed by atoms with van der Waals surface area (Å²) < 4.78 is 30.7. The molecule has 0 bridgehead atoms. The van der Waals surface area contributed by atoms with Crippen LogP contribution in [0.2, 0.25) is 0 Å². The van der Waals surface area contributed by atoms with Gasteiger partial charge in [0.15, 0.2) is 0 Å². The maximum absolute atomic E-state index is 11.9. The second-order valence-electron chi connectivity index (χ2n) is 5.17. The third-order valence-corrected chi connectivity index (χ3v) is 4.82. The van der Waals surface area contributed by atoms with Gasteiger partial charge >= 0.3 is 0 Å². The summed E-state index contributed by atoms with van der Waals surface area (Å²) in [6.45, 7) is 9.74. The van der Waals surface area contributed by atoms with Crippen LogP contribution in [0.1, 0.15) is 25.6 Å². The molecule has 0 aromatic carbocycles. The van der Waals surface area contributed by atoms with Gasteiger partial charge in [0.2, 0.25) is 21.8 Å². The Morgan fingerprint density at radius 2 is 2.11 bits per heavy atom. The molecule has 0 spiro atoms. The second-order valence-corrected chi connectivity index (χ2v) is 7.14. The molecule has 7 heteroatoms. The predicted molar refractivity (Wildman–Crippen MR) is 66.6 cm³/mol.